The Hall–Kier alpha value is -3.92. The number of carbonyl (C=O) groups excluding carboxylic acids is 1. The van der Waals surface area contributed by atoms with E-state index in [1.807, 2.05) is 28.8 Å². The topological polar surface area (TPSA) is 55.2 Å². The molecule has 0 atom stereocenters. The van der Waals surface area contributed by atoms with Gasteiger partial charge in [0.1, 0.15) is 12.4 Å². The third-order valence-electron chi connectivity index (χ3n) is 7.12. The highest BCUT2D eigenvalue weighted by Gasteiger charge is 2.30. The second-order valence-electron chi connectivity index (χ2n) is 10.0. The molecule has 1 aromatic heterocycles. The lowest BCUT2D eigenvalue weighted by Crippen LogP contribution is -2.32. The molecule has 3 aromatic carbocycles. The fraction of sp³-hybridized carbons (Fsp3) is 0.258. The Morgan fingerprint density at radius 3 is 2.17 bits per heavy atom. The fourth-order valence-corrected chi connectivity index (χ4v) is 5.83. The fourth-order valence-electron chi connectivity index (χ4n) is 4.86. The van der Waals surface area contributed by atoms with Crippen molar-refractivity contribution in [3.8, 4) is 11.1 Å². The molecule has 0 saturated carbocycles. The molecule has 0 unspecified atom stereocenters. The summed E-state index contributed by atoms with van der Waals surface area (Å²) < 4.78 is 53.7. The van der Waals surface area contributed by atoms with Crippen LogP contribution in [0.25, 0.3) is 11.1 Å². The molecule has 5 rings (SSSR count). The number of carbonyl (C=O) groups is 1. The Morgan fingerprint density at radius 1 is 0.927 bits per heavy atom. The molecule has 0 spiro atoms. The highest BCUT2D eigenvalue weighted by atomic mass is 32.2. The van der Waals surface area contributed by atoms with Crippen LogP contribution in [0.15, 0.2) is 82.7 Å². The predicted octanol–water partition coefficient (Wildman–Crippen LogP) is 6.51. The van der Waals surface area contributed by atoms with Crippen molar-refractivity contribution in [3.63, 3.8) is 0 Å². The molecule has 0 aliphatic heterocycles. The summed E-state index contributed by atoms with van der Waals surface area (Å²) in [7, 11) is 1.70. The number of fused-ring (bicyclic) bond motifs is 1. The normalized spacial score (nSPS) is 12.8. The maximum absolute atomic E-state index is 13.3. The standard InChI is InChI=1S/C31H27F4N3O2S/c1-37(17-20-5-9-22(10-6-20)23-11-13-24(14-12-23)31(33,34)35)28(39)18-38-27-4-2-3-26(27)29(40)36-30(38)41-19-21-7-15-25(32)16-8-21/h5-16H,2-4,17-19H2,1H3. The van der Waals surface area contributed by atoms with Gasteiger partial charge in [-0.25, -0.2) is 4.39 Å². The van der Waals surface area contributed by atoms with Gasteiger partial charge in [-0.05, 0) is 65.8 Å². The first-order chi connectivity index (χ1) is 19.6. The maximum atomic E-state index is 13.3. The number of thioether (sulfide) groups is 1. The lowest BCUT2D eigenvalue weighted by atomic mass is 10.0. The summed E-state index contributed by atoms with van der Waals surface area (Å²) in [4.78, 5) is 31.9. The second-order valence-corrected chi connectivity index (χ2v) is 10.9. The zero-order chi connectivity index (χ0) is 29.1. The van der Waals surface area contributed by atoms with E-state index < -0.39 is 11.7 Å². The zero-order valence-electron chi connectivity index (χ0n) is 22.2. The number of benzene rings is 3. The van der Waals surface area contributed by atoms with E-state index in [0.29, 0.717) is 41.4 Å². The van der Waals surface area contributed by atoms with Crippen LogP contribution in [0.2, 0.25) is 0 Å². The first-order valence-corrected chi connectivity index (χ1v) is 14.1. The summed E-state index contributed by atoms with van der Waals surface area (Å²) in [6.45, 7) is 0.363. The van der Waals surface area contributed by atoms with E-state index in [1.165, 1.54) is 36.0 Å². The van der Waals surface area contributed by atoms with Crippen molar-refractivity contribution in [3.05, 3.63) is 117 Å². The Balaban J connectivity index is 1.28. The van der Waals surface area contributed by atoms with Crippen LogP contribution < -0.4 is 5.56 Å². The molecule has 41 heavy (non-hydrogen) atoms. The molecule has 4 aromatic rings. The van der Waals surface area contributed by atoms with E-state index in [0.717, 1.165) is 40.9 Å². The summed E-state index contributed by atoms with van der Waals surface area (Å²) in [6, 6.07) is 18.5. The van der Waals surface area contributed by atoms with E-state index in [2.05, 4.69) is 4.98 Å². The molecule has 0 N–H and O–H groups in total. The SMILES string of the molecule is CN(Cc1ccc(-c2ccc(C(F)(F)F)cc2)cc1)C(=O)Cn1c(SCc2ccc(F)cc2)nc(=O)c2c1CCC2. The van der Waals surface area contributed by atoms with Gasteiger partial charge in [-0.1, -0.05) is 60.3 Å². The van der Waals surface area contributed by atoms with Crippen molar-refractivity contribution in [2.24, 2.45) is 0 Å². The van der Waals surface area contributed by atoms with Crippen LogP contribution in [-0.4, -0.2) is 27.4 Å². The quantitative estimate of drug-likeness (QED) is 0.135. The third-order valence-corrected chi connectivity index (χ3v) is 8.17. The largest absolute Gasteiger partial charge is 0.416 e. The van der Waals surface area contributed by atoms with Crippen molar-refractivity contribution < 1.29 is 22.4 Å². The van der Waals surface area contributed by atoms with Gasteiger partial charge in [0.15, 0.2) is 5.16 Å². The van der Waals surface area contributed by atoms with E-state index in [9.17, 15) is 27.2 Å². The van der Waals surface area contributed by atoms with Crippen LogP contribution in [0.1, 0.15) is 34.4 Å². The molecule has 212 valence electrons. The Morgan fingerprint density at radius 2 is 1.54 bits per heavy atom. The highest BCUT2D eigenvalue weighted by Crippen LogP contribution is 2.31. The number of hydrogen-bond acceptors (Lipinski definition) is 4. The van der Waals surface area contributed by atoms with Crippen LogP contribution in [0.4, 0.5) is 17.6 Å². The van der Waals surface area contributed by atoms with Crippen LogP contribution in [0, 0.1) is 5.82 Å². The summed E-state index contributed by atoms with van der Waals surface area (Å²) in [5, 5.41) is 0.461. The molecule has 10 heteroatoms. The summed E-state index contributed by atoms with van der Waals surface area (Å²) >= 11 is 1.34. The van der Waals surface area contributed by atoms with E-state index >= 15 is 0 Å². The van der Waals surface area contributed by atoms with Crippen LogP contribution in [0.3, 0.4) is 0 Å². The van der Waals surface area contributed by atoms with Gasteiger partial charge in [-0.3, -0.25) is 9.59 Å². The lowest BCUT2D eigenvalue weighted by molar-refractivity contribution is -0.137. The highest BCUT2D eigenvalue weighted by molar-refractivity contribution is 7.98. The van der Waals surface area contributed by atoms with Gasteiger partial charge in [-0.15, -0.1) is 0 Å². The average molecular weight is 582 g/mol. The Bertz CT molecular complexity index is 1600. The van der Waals surface area contributed by atoms with Crippen LogP contribution >= 0.6 is 11.8 Å². The molecule has 0 bridgehead atoms. The second kappa shape index (κ2) is 11.9. The summed E-state index contributed by atoms with van der Waals surface area (Å²) in [5.74, 6) is -0.00458. The van der Waals surface area contributed by atoms with Crippen molar-refractivity contribution >= 4 is 17.7 Å². The zero-order valence-corrected chi connectivity index (χ0v) is 23.1. The first-order valence-electron chi connectivity index (χ1n) is 13.1. The van der Waals surface area contributed by atoms with Crippen molar-refractivity contribution in [1.29, 1.82) is 0 Å². The molecule has 1 aliphatic carbocycles. The molecule has 1 amide bonds. The summed E-state index contributed by atoms with van der Waals surface area (Å²) in [5.41, 5.74) is 3.72. The Kier molecular flexibility index (Phi) is 8.30. The van der Waals surface area contributed by atoms with Gasteiger partial charge in [0.25, 0.3) is 5.56 Å². The minimum absolute atomic E-state index is 0.0293. The van der Waals surface area contributed by atoms with Gasteiger partial charge in [0.05, 0.1) is 5.56 Å². The average Bonchev–Trinajstić information content (AvgIpc) is 3.45. The minimum Gasteiger partial charge on any atom is -0.340 e. The number of hydrogen-bond donors (Lipinski definition) is 0. The molecule has 1 heterocycles. The number of likely N-dealkylation sites (N-methyl/N-ethyl adjacent to an activating group) is 1. The van der Waals surface area contributed by atoms with Gasteiger partial charge in [0.2, 0.25) is 5.91 Å². The van der Waals surface area contributed by atoms with Gasteiger partial charge >= 0.3 is 6.18 Å². The van der Waals surface area contributed by atoms with Gasteiger partial charge in [-0.2, -0.15) is 18.2 Å². The maximum Gasteiger partial charge on any atom is 0.416 e. The number of halogens is 4. The molecule has 5 nitrogen and oxygen atoms in total. The molecular formula is C31H27F4N3O2S. The van der Waals surface area contributed by atoms with Crippen molar-refractivity contribution in [2.75, 3.05) is 7.05 Å². The Labute approximate surface area is 238 Å². The number of alkyl halides is 3. The third kappa shape index (κ3) is 6.70. The lowest BCUT2D eigenvalue weighted by Gasteiger charge is -2.21. The smallest absolute Gasteiger partial charge is 0.340 e. The monoisotopic (exact) mass is 581 g/mol. The van der Waals surface area contributed by atoms with Crippen molar-refractivity contribution in [1.82, 2.24) is 14.5 Å². The minimum atomic E-state index is -4.38. The van der Waals surface area contributed by atoms with E-state index in [1.54, 1.807) is 24.1 Å². The number of nitrogens with zero attached hydrogens (tertiary/aromatic N) is 3. The molecular weight excluding hydrogens is 554 g/mol. The number of amides is 1. The van der Waals surface area contributed by atoms with Gasteiger partial charge in [0, 0.05) is 30.6 Å². The molecule has 1 aliphatic rings. The van der Waals surface area contributed by atoms with Crippen LogP contribution in [0.5, 0.6) is 0 Å². The molecule has 0 saturated heterocycles. The molecule has 0 radical (unpaired) electrons. The van der Waals surface area contributed by atoms with Crippen molar-refractivity contribution in [2.45, 2.75) is 49.4 Å². The molecule has 0 fully saturated rings. The predicted molar refractivity (Wildman–Crippen MR) is 150 cm³/mol. The van der Waals surface area contributed by atoms with E-state index in [-0.39, 0.29) is 23.8 Å². The first kappa shape index (κ1) is 28.6. The van der Waals surface area contributed by atoms with Gasteiger partial charge < -0.3 is 9.47 Å². The summed E-state index contributed by atoms with van der Waals surface area (Å²) in [6.07, 6.45) is -2.22. The number of aromatic nitrogens is 2. The van der Waals surface area contributed by atoms with E-state index in [4.69, 9.17) is 0 Å². The number of rotatable bonds is 8. The van der Waals surface area contributed by atoms with Crippen LogP contribution in [-0.2, 0) is 42.7 Å².